The molecular formula is C18H22N2O2. The number of benzene rings is 2. The number of aromatic hydroxyl groups is 1. The van der Waals surface area contributed by atoms with Gasteiger partial charge in [0.15, 0.2) is 0 Å². The molecule has 1 heterocycles. The standard InChI is InChI=1S/C18H22N2O2/c1-11-15(22-3)10-9-14(18(11)21)17-16(12(2)19-20-17)13-7-5-4-6-8-13/h4-10,12,16-17,19-21H,1-3H3. The lowest BCUT2D eigenvalue weighted by atomic mass is 9.83. The highest BCUT2D eigenvalue weighted by molar-refractivity contribution is 5.51. The smallest absolute Gasteiger partial charge is 0.127 e. The van der Waals surface area contributed by atoms with Crippen molar-refractivity contribution < 1.29 is 9.84 Å². The third-order valence-electron chi connectivity index (χ3n) is 4.52. The number of hydrogen-bond donors (Lipinski definition) is 3. The molecule has 3 unspecified atom stereocenters. The minimum atomic E-state index is 0.0157. The average molecular weight is 298 g/mol. The van der Waals surface area contributed by atoms with Crippen molar-refractivity contribution in [1.82, 2.24) is 10.9 Å². The second-order valence-corrected chi connectivity index (χ2v) is 5.82. The number of methoxy groups -OCH3 is 1. The van der Waals surface area contributed by atoms with Crippen molar-refractivity contribution in [2.75, 3.05) is 7.11 Å². The van der Waals surface area contributed by atoms with Gasteiger partial charge in [-0.3, -0.25) is 5.43 Å². The Balaban J connectivity index is 2.02. The summed E-state index contributed by atoms with van der Waals surface area (Å²) in [5, 5.41) is 10.6. The molecule has 116 valence electrons. The highest BCUT2D eigenvalue weighted by Gasteiger charge is 2.36. The summed E-state index contributed by atoms with van der Waals surface area (Å²) < 4.78 is 5.28. The summed E-state index contributed by atoms with van der Waals surface area (Å²) in [6, 6.07) is 14.5. The van der Waals surface area contributed by atoms with E-state index in [1.165, 1.54) is 5.56 Å². The second-order valence-electron chi connectivity index (χ2n) is 5.82. The molecule has 3 rings (SSSR count). The Labute approximate surface area is 131 Å². The Morgan fingerprint density at radius 1 is 1.05 bits per heavy atom. The van der Waals surface area contributed by atoms with Crippen LogP contribution in [-0.4, -0.2) is 18.3 Å². The fourth-order valence-corrected chi connectivity index (χ4v) is 3.29. The van der Waals surface area contributed by atoms with Gasteiger partial charge >= 0.3 is 0 Å². The van der Waals surface area contributed by atoms with Gasteiger partial charge in [0.25, 0.3) is 0 Å². The number of phenols is 1. The highest BCUT2D eigenvalue weighted by Crippen LogP contribution is 2.42. The molecule has 22 heavy (non-hydrogen) atoms. The van der Waals surface area contributed by atoms with Crippen molar-refractivity contribution in [2.45, 2.75) is 31.8 Å². The van der Waals surface area contributed by atoms with E-state index < -0.39 is 0 Å². The lowest BCUT2D eigenvalue weighted by Gasteiger charge is -2.23. The van der Waals surface area contributed by atoms with Crippen LogP contribution in [0.25, 0.3) is 0 Å². The molecule has 0 bridgehead atoms. The first-order valence-electron chi connectivity index (χ1n) is 7.56. The predicted octanol–water partition coefficient (Wildman–Crippen LogP) is 3.03. The Bertz CT molecular complexity index is 658. The number of phenolic OH excluding ortho intramolecular Hbond substituents is 1. The quantitative estimate of drug-likeness (QED) is 0.815. The van der Waals surface area contributed by atoms with Gasteiger partial charge < -0.3 is 9.84 Å². The number of rotatable bonds is 3. The summed E-state index contributed by atoms with van der Waals surface area (Å²) in [5.74, 6) is 1.25. The summed E-state index contributed by atoms with van der Waals surface area (Å²) in [5.41, 5.74) is 9.54. The fourth-order valence-electron chi connectivity index (χ4n) is 3.29. The van der Waals surface area contributed by atoms with E-state index in [-0.39, 0.29) is 18.0 Å². The lowest BCUT2D eigenvalue weighted by Crippen LogP contribution is -2.29. The maximum atomic E-state index is 10.6. The van der Waals surface area contributed by atoms with E-state index in [0.717, 1.165) is 11.1 Å². The number of nitrogens with one attached hydrogen (secondary N) is 2. The molecule has 1 aliphatic heterocycles. The van der Waals surface area contributed by atoms with E-state index in [1.54, 1.807) is 7.11 Å². The first-order valence-corrected chi connectivity index (χ1v) is 7.56. The molecule has 3 N–H and O–H groups in total. The van der Waals surface area contributed by atoms with Crippen molar-refractivity contribution in [3.63, 3.8) is 0 Å². The molecule has 3 atom stereocenters. The second kappa shape index (κ2) is 5.99. The average Bonchev–Trinajstić information content (AvgIpc) is 2.92. The SMILES string of the molecule is COc1ccc(C2NNC(C)C2c2ccccc2)c(O)c1C. The summed E-state index contributed by atoms with van der Waals surface area (Å²) in [6.45, 7) is 4.03. The van der Waals surface area contributed by atoms with Gasteiger partial charge in [0.05, 0.1) is 13.2 Å². The maximum absolute atomic E-state index is 10.6. The molecule has 0 saturated carbocycles. The molecule has 2 aromatic rings. The van der Waals surface area contributed by atoms with E-state index in [4.69, 9.17) is 4.74 Å². The highest BCUT2D eigenvalue weighted by atomic mass is 16.5. The van der Waals surface area contributed by atoms with Crippen molar-refractivity contribution >= 4 is 0 Å². The molecule has 4 heteroatoms. The van der Waals surface area contributed by atoms with E-state index in [0.29, 0.717) is 11.5 Å². The zero-order chi connectivity index (χ0) is 15.7. The van der Waals surface area contributed by atoms with Gasteiger partial charge in [0.2, 0.25) is 0 Å². The molecule has 1 aliphatic rings. The van der Waals surface area contributed by atoms with Crippen LogP contribution < -0.4 is 15.6 Å². The monoisotopic (exact) mass is 298 g/mol. The van der Waals surface area contributed by atoms with Gasteiger partial charge in [-0.25, -0.2) is 5.43 Å². The topological polar surface area (TPSA) is 53.5 Å². The zero-order valence-electron chi connectivity index (χ0n) is 13.1. The minimum Gasteiger partial charge on any atom is -0.507 e. The number of hydrogen-bond acceptors (Lipinski definition) is 4. The van der Waals surface area contributed by atoms with Crippen LogP contribution in [0.2, 0.25) is 0 Å². The van der Waals surface area contributed by atoms with Gasteiger partial charge in [-0.1, -0.05) is 30.3 Å². The molecule has 0 aromatic heterocycles. The van der Waals surface area contributed by atoms with Gasteiger partial charge in [-0.05, 0) is 31.5 Å². The molecule has 1 fully saturated rings. The van der Waals surface area contributed by atoms with Gasteiger partial charge in [-0.15, -0.1) is 0 Å². The first kappa shape index (κ1) is 14.9. The maximum Gasteiger partial charge on any atom is 0.127 e. The number of ether oxygens (including phenoxy) is 1. The summed E-state index contributed by atoms with van der Waals surface area (Å²) in [4.78, 5) is 0. The normalized spacial score (nSPS) is 24.4. The minimum absolute atomic E-state index is 0.0157. The number of hydrazine groups is 1. The van der Waals surface area contributed by atoms with E-state index >= 15 is 0 Å². The van der Waals surface area contributed by atoms with Crippen molar-refractivity contribution in [1.29, 1.82) is 0 Å². The van der Waals surface area contributed by atoms with Crippen molar-refractivity contribution in [3.8, 4) is 11.5 Å². The Kier molecular flexibility index (Phi) is 4.05. The molecule has 2 aromatic carbocycles. The summed E-state index contributed by atoms with van der Waals surface area (Å²) in [6.07, 6.45) is 0. The van der Waals surface area contributed by atoms with Crippen LogP contribution in [0.15, 0.2) is 42.5 Å². The van der Waals surface area contributed by atoms with Crippen molar-refractivity contribution in [3.05, 3.63) is 59.2 Å². The molecule has 0 amide bonds. The van der Waals surface area contributed by atoms with E-state index in [2.05, 4.69) is 42.0 Å². The van der Waals surface area contributed by atoms with Gasteiger partial charge in [0, 0.05) is 23.1 Å². The molecule has 4 nitrogen and oxygen atoms in total. The third kappa shape index (κ3) is 2.45. The Morgan fingerprint density at radius 2 is 1.77 bits per heavy atom. The molecule has 1 saturated heterocycles. The predicted molar refractivity (Wildman–Crippen MR) is 87.1 cm³/mol. The van der Waals surface area contributed by atoms with Crippen LogP contribution >= 0.6 is 0 Å². The first-order chi connectivity index (χ1) is 10.6. The Morgan fingerprint density at radius 3 is 2.45 bits per heavy atom. The van der Waals surface area contributed by atoms with Gasteiger partial charge in [0.1, 0.15) is 11.5 Å². The van der Waals surface area contributed by atoms with Crippen LogP contribution in [0.5, 0.6) is 11.5 Å². The van der Waals surface area contributed by atoms with E-state index in [9.17, 15) is 5.11 Å². The largest absolute Gasteiger partial charge is 0.507 e. The Hall–Kier alpha value is -2.04. The van der Waals surface area contributed by atoms with Crippen LogP contribution in [0.4, 0.5) is 0 Å². The molecule has 0 spiro atoms. The van der Waals surface area contributed by atoms with Crippen molar-refractivity contribution in [2.24, 2.45) is 0 Å². The van der Waals surface area contributed by atoms with Crippen LogP contribution in [0, 0.1) is 6.92 Å². The van der Waals surface area contributed by atoms with Crippen LogP contribution in [0.3, 0.4) is 0 Å². The van der Waals surface area contributed by atoms with E-state index in [1.807, 2.05) is 25.1 Å². The van der Waals surface area contributed by atoms with Crippen LogP contribution in [0.1, 0.15) is 35.6 Å². The molecule has 0 aliphatic carbocycles. The lowest BCUT2D eigenvalue weighted by molar-refractivity contribution is 0.397. The van der Waals surface area contributed by atoms with Crippen LogP contribution in [-0.2, 0) is 0 Å². The zero-order valence-corrected chi connectivity index (χ0v) is 13.1. The third-order valence-corrected chi connectivity index (χ3v) is 4.52. The van der Waals surface area contributed by atoms with Gasteiger partial charge in [-0.2, -0.15) is 0 Å². The summed E-state index contributed by atoms with van der Waals surface area (Å²) >= 11 is 0. The fraction of sp³-hybridized carbons (Fsp3) is 0.333. The summed E-state index contributed by atoms with van der Waals surface area (Å²) in [7, 11) is 1.62. The molecular weight excluding hydrogens is 276 g/mol. The molecule has 0 radical (unpaired) electrons.